The number of hydrogen-bond donors (Lipinski definition) is 0. The van der Waals surface area contributed by atoms with Crippen molar-refractivity contribution >= 4 is 75.5 Å². The van der Waals surface area contributed by atoms with Gasteiger partial charge in [-0.2, -0.15) is 0 Å². The minimum atomic E-state index is 0.0305. The lowest BCUT2D eigenvalue weighted by molar-refractivity contribution is 0.591. The molecule has 9 aromatic rings. The van der Waals surface area contributed by atoms with Crippen LogP contribution in [0.3, 0.4) is 0 Å². The van der Waals surface area contributed by atoms with Crippen LogP contribution in [-0.4, -0.2) is 9.13 Å². The van der Waals surface area contributed by atoms with E-state index in [1.165, 1.54) is 77.0 Å². The van der Waals surface area contributed by atoms with E-state index in [-0.39, 0.29) is 10.8 Å². The third-order valence-electron chi connectivity index (χ3n) is 11.0. The number of benzene rings is 7. The molecule has 0 unspecified atom stereocenters. The standard InChI is InChI=1S/C50H42Br2N2/c1-49(2,3)35-19-23-45-39(27-35)37-25-33(31-13-9-7-10-14-31)17-21-43(37)53(45)47-29-42(52)48(30-41(47)51)54-44-22-18-34(32-15-11-8-12-16-32)26-38(44)40-28-36(50(4,5)6)20-24-46(40)54/h7-30H,1-6H3. The van der Waals surface area contributed by atoms with Gasteiger partial charge >= 0.3 is 0 Å². The summed E-state index contributed by atoms with van der Waals surface area (Å²) in [4.78, 5) is 0. The summed E-state index contributed by atoms with van der Waals surface area (Å²) < 4.78 is 6.87. The second-order valence-electron chi connectivity index (χ2n) is 16.6. The van der Waals surface area contributed by atoms with E-state index in [1.807, 2.05) is 0 Å². The van der Waals surface area contributed by atoms with Gasteiger partial charge in [-0.25, -0.2) is 0 Å². The summed E-state index contributed by atoms with van der Waals surface area (Å²) >= 11 is 8.22. The molecule has 0 N–H and O–H groups in total. The van der Waals surface area contributed by atoms with E-state index in [9.17, 15) is 0 Å². The molecule has 266 valence electrons. The van der Waals surface area contributed by atoms with E-state index in [1.54, 1.807) is 0 Å². The fourth-order valence-corrected chi connectivity index (χ4v) is 9.00. The van der Waals surface area contributed by atoms with E-state index in [0.29, 0.717) is 0 Å². The monoisotopic (exact) mass is 828 g/mol. The van der Waals surface area contributed by atoms with Gasteiger partial charge in [0.15, 0.2) is 0 Å². The predicted molar refractivity (Wildman–Crippen MR) is 239 cm³/mol. The molecule has 0 atom stereocenters. The van der Waals surface area contributed by atoms with Crippen LogP contribution in [0.4, 0.5) is 0 Å². The van der Waals surface area contributed by atoms with Crippen molar-refractivity contribution in [1.82, 2.24) is 9.13 Å². The first kappa shape index (κ1) is 34.8. The van der Waals surface area contributed by atoms with Crippen LogP contribution in [0.1, 0.15) is 52.7 Å². The molecule has 2 nitrogen and oxygen atoms in total. The number of aromatic nitrogens is 2. The molecule has 0 spiro atoms. The Bertz CT molecular complexity index is 2700. The number of fused-ring (bicyclic) bond motifs is 6. The van der Waals surface area contributed by atoms with E-state index >= 15 is 0 Å². The lowest BCUT2D eigenvalue weighted by atomic mass is 9.86. The van der Waals surface area contributed by atoms with Crippen LogP contribution >= 0.6 is 31.9 Å². The van der Waals surface area contributed by atoms with Gasteiger partial charge in [-0.3, -0.25) is 0 Å². The molecule has 0 amide bonds. The second kappa shape index (κ2) is 12.9. The molecule has 0 radical (unpaired) electrons. The zero-order chi connectivity index (χ0) is 37.5. The summed E-state index contributed by atoms with van der Waals surface area (Å²) in [6, 6.07) is 53.7. The molecule has 0 fully saturated rings. The van der Waals surface area contributed by atoms with Crippen LogP contribution in [0.25, 0.3) is 77.2 Å². The maximum Gasteiger partial charge on any atom is 0.0617 e. The predicted octanol–water partition coefficient (Wildman–Crippen LogP) is 15.3. The maximum absolute atomic E-state index is 4.11. The summed E-state index contributed by atoms with van der Waals surface area (Å²) in [6.45, 7) is 13.7. The summed E-state index contributed by atoms with van der Waals surface area (Å²) in [5.74, 6) is 0. The van der Waals surface area contributed by atoms with Crippen LogP contribution < -0.4 is 0 Å². The van der Waals surface area contributed by atoms with Crippen molar-refractivity contribution in [1.29, 1.82) is 0 Å². The Morgan fingerprint density at radius 3 is 1.04 bits per heavy atom. The first-order valence-electron chi connectivity index (χ1n) is 18.6. The molecule has 0 aliphatic heterocycles. The highest BCUT2D eigenvalue weighted by Gasteiger charge is 2.23. The molecule has 54 heavy (non-hydrogen) atoms. The normalized spacial score (nSPS) is 12.4. The van der Waals surface area contributed by atoms with Crippen molar-refractivity contribution in [2.45, 2.75) is 52.4 Å². The van der Waals surface area contributed by atoms with Gasteiger partial charge in [0.05, 0.1) is 33.4 Å². The van der Waals surface area contributed by atoms with Gasteiger partial charge in [-0.05, 0) is 137 Å². The number of halogens is 2. The first-order chi connectivity index (χ1) is 25.9. The van der Waals surface area contributed by atoms with Crippen LogP contribution in [-0.2, 0) is 10.8 Å². The summed E-state index contributed by atoms with van der Waals surface area (Å²) in [5.41, 5.74) is 14.5. The zero-order valence-electron chi connectivity index (χ0n) is 31.5. The Morgan fingerprint density at radius 1 is 0.352 bits per heavy atom. The molecule has 0 saturated heterocycles. The van der Waals surface area contributed by atoms with Crippen molar-refractivity contribution in [3.63, 3.8) is 0 Å². The average molecular weight is 831 g/mol. The highest BCUT2D eigenvalue weighted by Crippen LogP contribution is 2.43. The zero-order valence-corrected chi connectivity index (χ0v) is 34.7. The molecule has 2 aromatic heterocycles. The van der Waals surface area contributed by atoms with Gasteiger partial charge in [0.25, 0.3) is 0 Å². The van der Waals surface area contributed by atoms with Crippen molar-refractivity contribution in [3.8, 4) is 33.6 Å². The van der Waals surface area contributed by atoms with Crippen LogP contribution in [0.2, 0.25) is 0 Å². The average Bonchev–Trinajstić information content (AvgIpc) is 3.66. The van der Waals surface area contributed by atoms with Crippen LogP contribution in [0.15, 0.2) is 155 Å². The third-order valence-corrected chi connectivity index (χ3v) is 12.2. The summed E-state index contributed by atoms with van der Waals surface area (Å²) in [6.07, 6.45) is 0. The van der Waals surface area contributed by atoms with E-state index in [0.717, 1.165) is 20.3 Å². The van der Waals surface area contributed by atoms with Gasteiger partial charge in [-0.1, -0.05) is 126 Å². The molecule has 0 saturated carbocycles. The SMILES string of the molecule is CC(C)(C)c1ccc2c(c1)c1cc(-c3ccccc3)ccc1n2-c1cc(Br)c(-n2c3ccc(-c4ccccc4)cc3c3cc(C(C)(C)C)ccc32)cc1Br. The first-order valence-corrected chi connectivity index (χ1v) is 20.2. The number of rotatable bonds is 4. The van der Waals surface area contributed by atoms with Crippen molar-refractivity contribution in [2.75, 3.05) is 0 Å². The topological polar surface area (TPSA) is 9.86 Å². The molecule has 0 bridgehead atoms. The maximum atomic E-state index is 4.11. The van der Waals surface area contributed by atoms with Gasteiger partial charge in [-0.15, -0.1) is 0 Å². The second-order valence-corrected chi connectivity index (χ2v) is 18.3. The lowest BCUT2D eigenvalue weighted by Gasteiger charge is -2.20. The van der Waals surface area contributed by atoms with Gasteiger partial charge in [0, 0.05) is 30.5 Å². The summed E-state index contributed by atoms with van der Waals surface area (Å²) in [7, 11) is 0. The Balaban J connectivity index is 1.27. The summed E-state index contributed by atoms with van der Waals surface area (Å²) in [5, 5.41) is 5.01. The molecule has 7 aromatic carbocycles. The van der Waals surface area contributed by atoms with Gasteiger partial charge in [0.2, 0.25) is 0 Å². The molecule has 0 aliphatic rings. The Kier molecular flexibility index (Phi) is 8.30. The van der Waals surface area contributed by atoms with Crippen molar-refractivity contribution < 1.29 is 0 Å². The molecular formula is C50H42Br2N2. The quantitative estimate of drug-likeness (QED) is 0.167. The molecular weight excluding hydrogens is 788 g/mol. The van der Waals surface area contributed by atoms with E-state index in [4.69, 9.17) is 0 Å². The Morgan fingerprint density at radius 2 is 0.685 bits per heavy atom. The fraction of sp³-hybridized carbons (Fsp3) is 0.160. The largest absolute Gasteiger partial charge is 0.308 e. The lowest BCUT2D eigenvalue weighted by Crippen LogP contribution is -2.10. The van der Waals surface area contributed by atoms with Gasteiger partial charge in [0.1, 0.15) is 0 Å². The van der Waals surface area contributed by atoms with Crippen LogP contribution in [0.5, 0.6) is 0 Å². The van der Waals surface area contributed by atoms with E-state index in [2.05, 4.69) is 228 Å². The third kappa shape index (κ3) is 5.82. The Labute approximate surface area is 334 Å². The highest BCUT2D eigenvalue weighted by atomic mass is 79.9. The fourth-order valence-electron chi connectivity index (χ4n) is 7.99. The van der Waals surface area contributed by atoms with E-state index < -0.39 is 0 Å². The van der Waals surface area contributed by atoms with Crippen molar-refractivity contribution in [3.05, 3.63) is 166 Å². The molecule has 9 rings (SSSR count). The van der Waals surface area contributed by atoms with Gasteiger partial charge < -0.3 is 9.13 Å². The number of hydrogen-bond acceptors (Lipinski definition) is 0. The van der Waals surface area contributed by atoms with Crippen molar-refractivity contribution in [2.24, 2.45) is 0 Å². The smallest absolute Gasteiger partial charge is 0.0617 e. The number of nitrogens with zero attached hydrogens (tertiary/aromatic N) is 2. The minimum Gasteiger partial charge on any atom is -0.308 e. The molecule has 2 heterocycles. The highest BCUT2D eigenvalue weighted by molar-refractivity contribution is 9.11. The molecule has 0 aliphatic carbocycles. The minimum absolute atomic E-state index is 0.0305. The molecule has 4 heteroatoms. The van der Waals surface area contributed by atoms with Crippen LogP contribution in [0, 0.1) is 0 Å². The Hall–Kier alpha value is -4.90.